The number of unbranched alkanes of at least 4 members (excludes halogenated alkanes) is 5. The molecule has 0 unspecified atom stereocenters. The number of hydrogen-bond donors (Lipinski definition) is 0. The highest BCUT2D eigenvalue weighted by Gasteiger charge is 1.99. The second kappa shape index (κ2) is 11.6. The Balaban J connectivity index is 1.59. The lowest BCUT2D eigenvalue weighted by atomic mass is 10.1. The van der Waals surface area contributed by atoms with Crippen molar-refractivity contribution >= 4 is 0 Å². The molecule has 0 saturated carbocycles. The standard InChI is InChI=1S/C22H32N2O/c1-3-4-5-6-9-16-25-21-14-12-20(13-15-21)10-7-8-11-22-23-17-19(2)18-24-22/h12-15,17-18H,3-11,16H2,1-2H3. The second-order valence-corrected chi connectivity index (χ2v) is 6.79. The lowest BCUT2D eigenvalue weighted by Crippen LogP contribution is -1.98. The van der Waals surface area contributed by atoms with Crippen LogP contribution in [0.4, 0.5) is 0 Å². The van der Waals surface area contributed by atoms with E-state index in [0.29, 0.717) is 0 Å². The summed E-state index contributed by atoms with van der Waals surface area (Å²) in [7, 11) is 0. The minimum atomic E-state index is 0.833. The fourth-order valence-electron chi connectivity index (χ4n) is 2.81. The molecule has 1 aromatic heterocycles. The SMILES string of the molecule is CCCCCCCOc1ccc(CCCCc2ncc(C)cn2)cc1. The first-order chi connectivity index (χ1) is 12.3. The molecule has 2 aromatic rings. The third kappa shape index (κ3) is 8.15. The third-order valence-corrected chi connectivity index (χ3v) is 4.39. The quantitative estimate of drug-likeness (QED) is 0.465. The van der Waals surface area contributed by atoms with E-state index in [1.54, 1.807) is 0 Å². The molecule has 0 radical (unpaired) electrons. The summed E-state index contributed by atoms with van der Waals surface area (Å²) in [6.45, 7) is 5.09. The smallest absolute Gasteiger partial charge is 0.128 e. The Morgan fingerprint density at radius 1 is 0.800 bits per heavy atom. The van der Waals surface area contributed by atoms with E-state index >= 15 is 0 Å². The Morgan fingerprint density at radius 3 is 2.20 bits per heavy atom. The number of ether oxygens (including phenoxy) is 1. The maximum atomic E-state index is 5.82. The van der Waals surface area contributed by atoms with Crippen LogP contribution < -0.4 is 4.74 Å². The molecule has 0 aliphatic heterocycles. The van der Waals surface area contributed by atoms with E-state index < -0.39 is 0 Å². The molecule has 25 heavy (non-hydrogen) atoms. The zero-order valence-corrected chi connectivity index (χ0v) is 15.8. The predicted octanol–water partition coefficient (Wildman–Crippen LogP) is 5.70. The van der Waals surface area contributed by atoms with Gasteiger partial charge >= 0.3 is 0 Å². The van der Waals surface area contributed by atoms with E-state index in [1.165, 1.54) is 31.2 Å². The lowest BCUT2D eigenvalue weighted by Gasteiger charge is -2.07. The van der Waals surface area contributed by atoms with Crippen molar-refractivity contribution in [2.75, 3.05) is 6.61 Å². The van der Waals surface area contributed by atoms with Gasteiger partial charge in [0.1, 0.15) is 11.6 Å². The zero-order chi connectivity index (χ0) is 17.7. The first-order valence-corrected chi connectivity index (χ1v) is 9.77. The van der Waals surface area contributed by atoms with Crippen LogP contribution in [0.1, 0.15) is 68.8 Å². The molecule has 136 valence electrons. The van der Waals surface area contributed by atoms with E-state index in [1.807, 2.05) is 19.3 Å². The zero-order valence-electron chi connectivity index (χ0n) is 15.8. The molecule has 0 aliphatic rings. The van der Waals surface area contributed by atoms with Gasteiger partial charge in [0.15, 0.2) is 0 Å². The molecule has 0 bridgehead atoms. The van der Waals surface area contributed by atoms with Crippen molar-refractivity contribution in [2.45, 2.75) is 71.6 Å². The van der Waals surface area contributed by atoms with Gasteiger partial charge in [0, 0.05) is 18.8 Å². The van der Waals surface area contributed by atoms with Crippen LogP contribution in [0, 0.1) is 6.92 Å². The highest BCUT2D eigenvalue weighted by molar-refractivity contribution is 5.27. The number of benzene rings is 1. The minimum absolute atomic E-state index is 0.833. The summed E-state index contributed by atoms with van der Waals surface area (Å²) in [5.74, 6) is 1.94. The summed E-state index contributed by atoms with van der Waals surface area (Å²) in [6, 6.07) is 8.58. The van der Waals surface area contributed by atoms with Crippen molar-refractivity contribution in [3.05, 3.63) is 53.6 Å². The Bertz CT molecular complexity index is 578. The van der Waals surface area contributed by atoms with E-state index in [-0.39, 0.29) is 0 Å². The number of aromatic nitrogens is 2. The first kappa shape index (κ1) is 19.4. The third-order valence-electron chi connectivity index (χ3n) is 4.39. The van der Waals surface area contributed by atoms with Gasteiger partial charge in [-0.3, -0.25) is 0 Å². The van der Waals surface area contributed by atoms with Crippen molar-refractivity contribution < 1.29 is 4.74 Å². The predicted molar refractivity (Wildman–Crippen MR) is 104 cm³/mol. The van der Waals surface area contributed by atoms with Crippen LogP contribution in [0.2, 0.25) is 0 Å². The molecule has 1 heterocycles. The van der Waals surface area contributed by atoms with Gasteiger partial charge in [-0.25, -0.2) is 9.97 Å². The van der Waals surface area contributed by atoms with E-state index in [2.05, 4.69) is 41.2 Å². The van der Waals surface area contributed by atoms with Gasteiger partial charge in [-0.05, 0) is 55.9 Å². The number of aryl methyl sites for hydroxylation is 3. The van der Waals surface area contributed by atoms with E-state index in [0.717, 1.165) is 55.8 Å². The lowest BCUT2D eigenvalue weighted by molar-refractivity contribution is 0.304. The topological polar surface area (TPSA) is 35.0 Å². The summed E-state index contributed by atoms with van der Waals surface area (Å²) in [4.78, 5) is 8.72. The Kier molecular flexibility index (Phi) is 9.03. The van der Waals surface area contributed by atoms with Crippen LogP contribution in [0.25, 0.3) is 0 Å². The summed E-state index contributed by atoms with van der Waals surface area (Å²) < 4.78 is 5.82. The molecule has 0 spiro atoms. The fourth-order valence-corrected chi connectivity index (χ4v) is 2.81. The highest BCUT2D eigenvalue weighted by atomic mass is 16.5. The average Bonchev–Trinajstić information content (AvgIpc) is 2.64. The summed E-state index contributed by atoms with van der Waals surface area (Å²) >= 11 is 0. The van der Waals surface area contributed by atoms with Crippen molar-refractivity contribution in [3.63, 3.8) is 0 Å². The van der Waals surface area contributed by atoms with Gasteiger partial charge in [0.2, 0.25) is 0 Å². The van der Waals surface area contributed by atoms with E-state index in [9.17, 15) is 0 Å². The molecule has 0 N–H and O–H groups in total. The molecule has 3 heteroatoms. The molecule has 0 fully saturated rings. The molecule has 0 amide bonds. The van der Waals surface area contributed by atoms with Crippen LogP contribution in [-0.4, -0.2) is 16.6 Å². The summed E-state index contributed by atoms with van der Waals surface area (Å²) in [5.41, 5.74) is 2.49. The number of nitrogens with zero attached hydrogens (tertiary/aromatic N) is 2. The van der Waals surface area contributed by atoms with Crippen molar-refractivity contribution in [1.29, 1.82) is 0 Å². The molecule has 0 aliphatic carbocycles. The molecule has 3 nitrogen and oxygen atoms in total. The van der Waals surface area contributed by atoms with Crippen molar-refractivity contribution in [2.24, 2.45) is 0 Å². The van der Waals surface area contributed by atoms with Gasteiger partial charge in [-0.2, -0.15) is 0 Å². The van der Waals surface area contributed by atoms with E-state index in [4.69, 9.17) is 4.74 Å². The average molecular weight is 341 g/mol. The molecule has 0 saturated heterocycles. The summed E-state index contributed by atoms with van der Waals surface area (Å²) in [5, 5.41) is 0. The molecule has 2 rings (SSSR count). The van der Waals surface area contributed by atoms with Crippen LogP contribution in [0.15, 0.2) is 36.7 Å². The van der Waals surface area contributed by atoms with Crippen LogP contribution >= 0.6 is 0 Å². The molecular formula is C22H32N2O. The van der Waals surface area contributed by atoms with Crippen LogP contribution in [0.3, 0.4) is 0 Å². The molecule has 1 aromatic carbocycles. The van der Waals surface area contributed by atoms with Gasteiger partial charge in [0.25, 0.3) is 0 Å². The Morgan fingerprint density at radius 2 is 1.48 bits per heavy atom. The van der Waals surface area contributed by atoms with Crippen molar-refractivity contribution in [3.8, 4) is 5.75 Å². The highest BCUT2D eigenvalue weighted by Crippen LogP contribution is 2.15. The number of rotatable bonds is 12. The Hall–Kier alpha value is -1.90. The summed E-state index contributed by atoms with van der Waals surface area (Å²) in [6.07, 6.45) is 14.5. The first-order valence-electron chi connectivity index (χ1n) is 9.77. The fraction of sp³-hybridized carbons (Fsp3) is 0.545. The van der Waals surface area contributed by atoms with Gasteiger partial charge in [-0.1, -0.05) is 44.7 Å². The van der Waals surface area contributed by atoms with Gasteiger partial charge < -0.3 is 4.74 Å². The van der Waals surface area contributed by atoms with Gasteiger partial charge in [0.05, 0.1) is 6.61 Å². The monoisotopic (exact) mass is 340 g/mol. The normalized spacial score (nSPS) is 10.8. The van der Waals surface area contributed by atoms with Crippen LogP contribution in [-0.2, 0) is 12.8 Å². The second-order valence-electron chi connectivity index (χ2n) is 6.79. The van der Waals surface area contributed by atoms with Crippen molar-refractivity contribution in [1.82, 2.24) is 9.97 Å². The molecule has 0 atom stereocenters. The maximum absolute atomic E-state index is 5.82. The minimum Gasteiger partial charge on any atom is -0.494 e. The number of hydrogen-bond acceptors (Lipinski definition) is 3. The van der Waals surface area contributed by atoms with Gasteiger partial charge in [-0.15, -0.1) is 0 Å². The largest absolute Gasteiger partial charge is 0.494 e. The Labute approximate surface area is 152 Å². The van der Waals surface area contributed by atoms with Crippen LogP contribution in [0.5, 0.6) is 5.75 Å². The maximum Gasteiger partial charge on any atom is 0.128 e. The molecular weight excluding hydrogens is 308 g/mol.